The molecule has 0 aliphatic heterocycles. The van der Waals surface area contributed by atoms with Crippen LogP contribution in [0.4, 0.5) is 0 Å². The van der Waals surface area contributed by atoms with Gasteiger partial charge in [0.15, 0.2) is 0 Å². The Morgan fingerprint density at radius 2 is 1.06 bits per heavy atom. The molecule has 0 amide bonds. The van der Waals surface area contributed by atoms with Crippen LogP contribution < -0.4 is 0 Å². The van der Waals surface area contributed by atoms with E-state index in [4.69, 9.17) is 0 Å². The molecule has 0 saturated carbocycles. The Morgan fingerprint density at radius 3 is 1.46 bits per heavy atom. The molecular formula is C34H30Zr. The standard InChI is InChI=1S/C13H9.C13H10.C8H11.Zr/c1-3-7-12-10(5-1)9-11-6-2-4-8-13(11)12;1-3-7-12(8-4-1)11-13-9-5-2-6-10-13;1-7(2)8-5-3-4-6-8;/h1-9H;1-10H;3-7H,1-2H3;/q-1;;-1;+2. The van der Waals surface area contributed by atoms with Crippen LogP contribution in [0.15, 0.2) is 140 Å². The van der Waals surface area contributed by atoms with Crippen LogP contribution in [0.3, 0.4) is 0 Å². The molecule has 0 heterocycles. The Labute approximate surface area is 223 Å². The van der Waals surface area contributed by atoms with E-state index in [9.17, 15) is 0 Å². The predicted octanol–water partition coefficient (Wildman–Crippen LogP) is 9.04. The van der Waals surface area contributed by atoms with Crippen LogP contribution in [-0.2, 0) is 24.2 Å². The number of hydrogen-bond donors (Lipinski definition) is 0. The summed E-state index contributed by atoms with van der Waals surface area (Å²) in [5.41, 5.74) is 4.10. The van der Waals surface area contributed by atoms with Crippen molar-refractivity contribution in [3.8, 4) is 0 Å². The minimum absolute atomic E-state index is 0.685. The van der Waals surface area contributed by atoms with Crippen LogP contribution in [0.1, 0.15) is 36.5 Å². The third-order valence-electron chi connectivity index (χ3n) is 6.00. The molecule has 0 aromatic heterocycles. The van der Waals surface area contributed by atoms with Gasteiger partial charge in [-0.2, -0.15) is 23.8 Å². The second-order valence-electron chi connectivity index (χ2n) is 8.80. The fraction of sp³-hybridized carbons (Fsp3) is 0.0882. The van der Waals surface area contributed by atoms with E-state index in [1.807, 2.05) is 0 Å². The third-order valence-corrected chi connectivity index (χ3v) is 7.42. The molecule has 0 spiro atoms. The first-order valence-corrected chi connectivity index (χ1v) is 13.3. The maximum Gasteiger partial charge on any atom is -0.0771 e. The molecule has 1 heteroatoms. The molecule has 0 N–H and O–H groups in total. The second-order valence-corrected chi connectivity index (χ2v) is 10.0. The van der Waals surface area contributed by atoms with Gasteiger partial charge in [0.05, 0.1) is 0 Å². The fourth-order valence-electron chi connectivity index (χ4n) is 4.05. The summed E-state index contributed by atoms with van der Waals surface area (Å²) < 4.78 is 1.42. The van der Waals surface area contributed by atoms with Crippen LogP contribution in [0, 0.1) is 0 Å². The van der Waals surface area contributed by atoms with E-state index in [0.29, 0.717) is 5.92 Å². The largest absolute Gasteiger partial charge is 0.126 e. The Morgan fingerprint density at radius 1 is 0.600 bits per heavy atom. The van der Waals surface area contributed by atoms with Gasteiger partial charge in [-0.25, -0.2) is 6.07 Å². The normalized spacial score (nSPS) is 10.4. The van der Waals surface area contributed by atoms with E-state index < -0.39 is 0 Å². The summed E-state index contributed by atoms with van der Waals surface area (Å²) in [5.74, 6) is 0.685. The van der Waals surface area contributed by atoms with Crippen LogP contribution in [0.2, 0.25) is 0 Å². The van der Waals surface area contributed by atoms with Gasteiger partial charge in [0.2, 0.25) is 0 Å². The summed E-state index contributed by atoms with van der Waals surface area (Å²) in [6.07, 6.45) is 0. The smallest absolute Gasteiger partial charge is 0.0771 e. The van der Waals surface area contributed by atoms with Crippen molar-refractivity contribution < 1.29 is 24.2 Å². The maximum absolute atomic E-state index is 2.24. The summed E-state index contributed by atoms with van der Waals surface area (Å²) in [6, 6.07) is 48.9. The summed E-state index contributed by atoms with van der Waals surface area (Å²) in [6.45, 7) is 4.41. The van der Waals surface area contributed by atoms with E-state index >= 15 is 0 Å². The minimum atomic E-state index is 0.685. The molecule has 0 fully saturated rings. The molecule has 0 radical (unpaired) electrons. The molecule has 0 aliphatic carbocycles. The van der Waals surface area contributed by atoms with Gasteiger partial charge in [-0.05, 0) is 0 Å². The molecule has 0 unspecified atom stereocenters. The number of benzene rings is 4. The Bertz CT molecular complexity index is 1360. The average molecular weight is 530 g/mol. The summed E-state index contributed by atoms with van der Waals surface area (Å²) in [4.78, 5) is 0. The van der Waals surface area contributed by atoms with Gasteiger partial charge in [0.1, 0.15) is 0 Å². The molecule has 35 heavy (non-hydrogen) atoms. The van der Waals surface area contributed by atoms with Crippen molar-refractivity contribution in [3.63, 3.8) is 0 Å². The second kappa shape index (κ2) is 12.5. The number of fused-ring (bicyclic) bond motifs is 3. The Balaban J connectivity index is 0.000000129. The van der Waals surface area contributed by atoms with Gasteiger partial charge in [0, 0.05) is 0 Å². The van der Waals surface area contributed by atoms with Gasteiger partial charge < -0.3 is 0 Å². The molecule has 0 aliphatic rings. The predicted molar refractivity (Wildman–Crippen MR) is 149 cm³/mol. The zero-order chi connectivity index (χ0) is 24.5. The molecule has 0 atom stereocenters. The molecule has 6 aromatic rings. The van der Waals surface area contributed by atoms with Crippen LogP contribution >= 0.6 is 0 Å². The van der Waals surface area contributed by atoms with E-state index in [2.05, 4.69) is 153 Å². The van der Waals surface area contributed by atoms with Crippen LogP contribution in [0.25, 0.3) is 21.5 Å². The van der Waals surface area contributed by atoms with E-state index in [1.54, 1.807) is 0 Å². The molecule has 0 nitrogen and oxygen atoms in total. The van der Waals surface area contributed by atoms with Crippen molar-refractivity contribution in [1.82, 2.24) is 0 Å². The van der Waals surface area contributed by atoms with Crippen molar-refractivity contribution >= 4 is 24.8 Å². The van der Waals surface area contributed by atoms with E-state index in [0.717, 1.165) is 0 Å². The molecule has 6 rings (SSSR count). The quantitative estimate of drug-likeness (QED) is 0.201. The van der Waals surface area contributed by atoms with Crippen molar-refractivity contribution in [3.05, 3.63) is 156 Å². The number of rotatable bonds is 3. The first-order chi connectivity index (χ1) is 17.1. The van der Waals surface area contributed by atoms with Crippen LogP contribution in [-0.4, -0.2) is 3.21 Å². The van der Waals surface area contributed by atoms with Crippen LogP contribution in [0.5, 0.6) is 0 Å². The molecule has 0 saturated heterocycles. The molecule has 170 valence electrons. The Kier molecular flexibility index (Phi) is 8.93. The van der Waals surface area contributed by atoms with Crippen molar-refractivity contribution in [1.29, 1.82) is 0 Å². The molecule has 0 bridgehead atoms. The van der Waals surface area contributed by atoms with Crippen molar-refractivity contribution in [2.24, 2.45) is 0 Å². The van der Waals surface area contributed by atoms with Gasteiger partial charge >= 0.3 is 99.2 Å². The van der Waals surface area contributed by atoms with Gasteiger partial charge in [0.25, 0.3) is 0 Å². The maximum atomic E-state index is 2.24. The topological polar surface area (TPSA) is 0 Å². The Hall–Kier alpha value is -3.15. The monoisotopic (exact) mass is 528 g/mol. The van der Waals surface area contributed by atoms with Gasteiger partial charge in [-0.15, -0.1) is 39.7 Å². The number of hydrogen-bond acceptors (Lipinski definition) is 0. The zero-order valence-electron chi connectivity index (χ0n) is 20.4. The van der Waals surface area contributed by atoms with Gasteiger partial charge in [-0.3, -0.25) is 0 Å². The van der Waals surface area contributed by atoms with E-state index in [1.165, 1.54) is 65.7 Å². The van der Waals surface area contributed by atoms with Crippen molar-refractivity contribution in [2.45, 2.75) is 19.8 Å². The SMILES string of the molecule is CC(C)c1cc[cH-]c1.[Zr+2]=[C](c1ccccc1)c1ccccc1.c1ccc2c(c1)[cH-]c1ccccc12. The summed E-state index contributed by atoms with van der Waals surface area (Å²) in [5, 5.41) is 5.39. The van der Waals surface area contributed by atoms with E-state index in [-0.39, 0.29) is 0 Å². The zero-order valence-corrected chi connectivity index (χ0v) is 22.8. The first kappa shape index (κ1) is 25.0. The molecule has 6 aromatic carbocycles. The summed E-state index contributed by atoms with van der Waals surface area (Å²) >= 11 is 1.46. The first-order valence-electron chi connectivity index (χ1n) is 12.1. The fourth-order valence-corrected chi connectivity index (χ4v) is 4.87. The minimum Gasteiger partial charge on any atom is -0.126 e. The summed E-state index contributed by atoms with van der Waals surface area (Å²) in [7, 11) is 0. The van der Waals surface area contributed by atoms with Gasteiger partial charge in [-0.1, -0.05) is 56.2 Å². The molecular weight excluding hydrogens is 500 g/mol. The van der Waals surface area contributed by atoms with Crippen molar-refractivity contribution in [2.75, 3.05) is 0 Å². The third kappa shape index (κ3) is 6.71. The average Bonchev–Trinajstić information content (AvgIpc) is 3.59.